The first kappa shape index (κ1) is 14.8. The summed E-state index contributed by atoms with van der Waals surface area (Å²) in [5.74, 6) is 1.04. The number of furan rings is 1. The maximum atomic E-state index is 12.6. The zero-order valence-electron chi connectivity index (χ0n) is 12.9. The van der Waals surface area contributed by atoms with Gasteiger partial charge in [0.1, 0.15) is 16.9 Å². The molecule has 1 fully saturated rings. The topological polar surface area (TPSA) is 59.3 Å². The zero-order chi connectivity index (χ0) is 15.6. The molecule has 1 N–H and O–H groups in total. The fourth-order valence-electron chi connectivity index (χ4n) is 3.23. The van der Waals surface area contributed by atoms with Crippen molar-refractivity contribution in [1.29, 1.82) is 0 Å². The maximum Gasteiger partial charge on any atom is 0.240 e. The van der Waals surface area contributed by atoms with Crippen LogP contribution in [0, 0.1) is 0 Å². The van der Waals surface area contributed by atoms with Gasteiger partial charge >= 0.3 is 0 Å². The molecule has 1 atom stereocenters. The van der Waals surface area contributed by atoms with Crippen LogP contribution in [0.4, 0.5) is 0 Å². The Kier molecular flexibility index (Phi) is 4.01. The van der Waals surface area contributed by atoms with E-state index in [1.165, 1.54) is 0 Å². The normalized spacial score (nSPS) is 28.0. The van der Waals surface area contributed by atoms with Crippen LogP contribution in [0.1, 0.15) is 62.5 Å². The van der Waals surface area contributed by atoms with E-state index in [4.69, 9.17) is 4.42 Å². The Bertz CT molecular complexity index is 622. The van der Waals surface area contributed by atoms with Gasteiger partial charge in [-0.1, -0.05) is 25.2 Å². The first-order chi connectivity index (χ1) is 10.7. The van der Waals surface area contributed by atoms with Crippen molar-refractivity contribution in [2.45, 2.75) is 50.9 Å². The standard InChI is InChI=1S/C18H21NO3/c1-2-18(11-7-10-16(20)19-17(18)21)15-12-13-8-5-3-4-6-9-14(13)22-15/h5-6,8-9,12H,2-4,7,10-11H2,1H3,(H,19,20,21)/b8-5-,9-6-/t18-/m0/s1. The Morgan fingerprint density at radius 2 is 2.00 bits per heavy atom. The lowest BCUT2D eigenvalue weighted by molar-refractivity contribution is -0.133. The molecule has 4 heteroatoms. The number of rotatable bonds is 2. The Balaban J connectivity index is 2.05. The van der Waals surface area contributed by atoms with Gasteiger partial charge in [0.25, 0.3) is 0 Å². The molecule has 0 unspecified atom stereocenters. The monoisotopic (exact) mass is 299 g/mol. The second-order valence-electron chi connectivity index (χ2n) is 5.98. The summed E-state index contributed by atoms with van der Waals surface area (Å²) in [5, 5.41) is 2.51. The number of nitrogens with one attached hydrogen (secondary N) is 1. The second kappa shape index (κ2) is 5.95. The maximum absolute atomic E-state index is 12.6. The number of imide groups is 1. The molecule has 1 aliphatic carbocycles. The van der Waals surface area contributed by atoms with E-state index in [9.17, 15) is 9.59 Å². The third-order valence-electron chi connectivity index (χ3n) is 4.63. The van der Waals surface area contributed by atoms with E-state index >= 15 is 0 Å². The van der Waals surface area contributed by atoms with Crippen molar-refractivity contribution in [3.63, 3.8) is 0 Å². The fourth-order valence-corrected chi connectivity index (χ4v) is 3.23. The van der Waals surface area contributed by atoms with Crippen LogP contribution in [0.15, 0.2) is 22.6 Å². The van der Waals surface area contributed by atoms with Gasteiger partial charge in [-0.25, -0.2) is 0 Å². The Morgan fingerprint density at radius 1 is 1.23 bits per heavy atom. The smallest absolute Gasteiger partial charge is 0.240 e. The first-order valence-corrected chi connectivity index (χ1v) is 7.97. The van der Waals surface area contributed by atoms with Crippen molar-refractivity contribution in [3.05, 3.63) is 35.3 Å². The van der Waals surface area contributed by atoms with Gasteiger partial charge in [0.05, 0.1) is 0 Å². The second-order valence-corrected chi connectivity index (χ2v) is 5.98. The molecule has 3 rings (SSSR count). The lowest BCUT2D eigenvalue weighted by Gasteiger charge is -2.26. The van der Waals surface area contributed by atoms with Gasteiger partial charge in [0.15, 0.2) is 0 Å². The SMILES string of the molecule is CC[C@@]1(c2cc3c(o2)/C=C\CC/C=C\3)CCCC(=O)NC1=O. The Labute approximate surface area is 130 Å². The number of hydrogen-bond donors (Lipinski definition) is 1. The van der Waals surface area contributed by atoms with Gasteiger partial charge in [0, 0.05) is 12.0 Å². The predicted molar refractivity (Wildman–Crippen MR) is 85.0 cm³/mol. The molecule has 0 saturated carbocycles. The third kappa shape index (κ3) is 2.54. The minimum absolute atomic E-state index is 0.190. The fraction of sp³-hybridized carbons (Fsp3) is 0.444. The van der Waals surface area contributed by atoms with Crippen molar-refractivity contribution in [3.8, 4) is 0 Å². The molecule has 0 bridgehead atoms. The molecule has 1 aromatic rings. The molecule has 0 radical (unpaired) electrons. The van der Waals surface area contributed by atoms with E-state index in [0.717, 1.165) is 24.2 Å². The highest BCUT2D eigenvalue weighted by atomic mass is 16.3. The summed E-state index contributed by atoms with van der Waals surface area (Å²) in [4.78, 5) is 24.2. The summed E-state index contributed by atoms with van der Waals surface area (Å²) in [6.07, 6.45) is 12.6. The highest BCUT2D eigenvalue weighted by Crippen LogP contribution is 2.38. The van der Waals surface area contributed by atoms with Crippen LogP contribution in [0.2, 0.25) is 0 Å². The van der Waals surface area contributed by atoms with Crippen molar-refractivity contribution in [2.24, 2.45) is 0 Å². The highest BCUT2D eigenvalue weighted by Gasteiger charge is 2.43. The summed E-state index contributed by atoms with van der Waals surface area (Å²) in [5.41, 5.74) is 0.261. The predicted octanol–water partition coefficient (Wildman–Crippen LogP) is 3.57. The third-order valence-corrected chi connectivity index (χ3v) is 4.63. The number of carbonyl (C=O) groups is 2. The van der Waals surface area contributed by atoms with E-state index in [-0.39, 0.29) is 11.8 Å². The van der Waals surface area contributed by atoms with Crippen LogP contribution in [-0.2, 0) is 15.0 Å². The van der Waals surface area contributed by atoms with Crippen molar-refractivity contribution >= 4 is 24.0 Å². The van der Waals surface area contributed by atoms with Crippen LogP contribution in [-0.4, -0.2) is 11.8 Å². The minimum atomic E-state index is -0.741. The molecule has 2 amide bonds. The van der Waals surface area contributed by atoms with E-state index in [2.05, 4.69) is 23.5 Å². The van der Waals surface area contributed by atoms with E-state index in [0.29, 0.717) is 31.4 Å². The minimum Gasteiger partial charge on any atom is -0.460 e. The number of allylic oxidation sites excluding steroid dienone is 2. The van der Waals surface area contributed by atoms with Gasteiger partial charge in [-0.2, -0.15) is 0 Å². The quantitative estimate of drug-likeness (QED) is 0.849. The number of fused-ring (bicyclic) bond motifs is 1. The molecular weight excluding hydrogens is 278 g/mol. The first-order valence-electron chi connectivity index (χ1n) is 7.97. The van der Waals surface area contributed by atoms with Gasteiger partial charge in [-0.05, 0) is 44.2 Å². The summed E-state index contributed by atoms with van der Waals surface area (Å²) in [7, 11) is 0. The average molecular weight is 299 g/mol. The van der Waals surface area contributed by atoms with E-state index in [1.54, 1.807) is 0 Å². The molecule has 2 heterocycles. The molecule has 2 aliphatic rings. The molecule has 0 aromatic carbocycles. The molecule has 22 heavy (non-hydrogen) atoms. The van der Waals surface area contributed by atoms with Gasteiger partial charge in [0.2, 0.25) is 11.8 Å². The van der Waals surface area contributed by atoms with E-state index in [1.807, 2.05) is 19.1 Å². The van der Waals surface area contributed by atoms with Crippen LogP contribution in [0.5, 0.6) is 0 Å². The lowest BCUT2D eigenvalue weighted by Crippen LogP contribution is -2.44. The van der Waals surface area contributed by atoms with Gasteiger partial charge in [-0.15, -0.1) is 0 Å². The molecular formula is C18H21NO3. The molecule has 0 spiro atoms. The zero-order valence-corrected chi connectivity index (χ0v) is 12.9. The summed E-state index contributed by atoms with van der Waals surface area (Å²) < 4.78 is 6.03. The van der Waals surface area contributed by atoms with E-state index < -0.39 is 5.41 Å². The summed E-state index contributed by atoms with van der Waals surface area (Å²) >= 11 is 0. The number of amides is 2. The number of carbonyl (C=O) groups excluding carboxylic acids is 2. The largest absolute Gasteiger partial charge is 0.460 e. The van der Waals surface area contributed by atoms with Gasteiger partial charge in [-0.3, -0.25) is 14.9 Å². The summed E-state index contributed by atoms with van der Waals surface area (Å²) in [6, 6.07) is 1.96. The van der Waals surface area contributed by atoms with Crippen LogP contribution in [0.3, 0.4) is 0 Å². The number of hydrogen-bond acceptors (Lipinski definition) is 3. The van der Waals surface area contributed by atoms with Crippen LogP contribution < -0.4 is 5.32 Å². The van der Waals surface area contributed by atoms with Crippen LogP contribution >= 0.6 is 0 Å². The Morgan fingerprint density at radius 3 is 2.77 bits per heavy atom. The molecule has 1 saturated heterocycles. The van der Waals surface area contributed by atoms with Crippen molar-refractivity contribution < 1.29 is 14.0 Å². The Hall–Kier alpha value is -2.10. The lowest BCUT2D eigenvalue weighted by atomic mass is 9.77. The summed E-state index contributed by atoms with van der Waals surface area (Å²) in [6.45, 7) is 1.97. The highest BCUT2D eigenvalue weighted by molar-refractivity contribution is 6.01. The van der Waals surface area contributed by atoms with Gasteiger partial charge < -0.3 is 4.42 Å². The van der Waals surface area contributed by atoms with Crippen molar-refractivity contribution in [2.75, 3.05) is 0 Å². The van der Waals surface area contributed by atoms with Crippen LogP contribution in [0.25, 0.3) is 12.2 Å². The average Bonchev–Trinajstić information content (AvgIpc) is 2.79. The molecule has 116 valence electrons. The molecule has 4 nitrogen and oxygen atoms in total. The molecule has 1 aliphatic heterocycles. The van der Waals surface area contributed by atoms with Crippen molar-refractivity contribution in [1.82, 2.24) is 5.32 Å². The molecule has 1 aromatic heterocycles.